The van der Waals surface area contributed by atoms with Crippen molar-refractivity contribution in [3.05, 3.63) is 0 Å². The number of carbonyl (C=O) groups is 2. The quantitative estimate of drug-likeness (QED) is 0.598. The molecule has 1 atom stereocenters. The highest BCUT2D eigenvalue weighted by Gasteiger charge is 2.50. The first-order valence-electron chi connectivity index (χ1n) is 5.16. The summed E-state index contributed by atoms with van der Waals surface area (Å²) in [6, 6.07) is -0.561. The lowest BCUT2D eigenvalue weighted by molar-refractivity contribution is -0.143. The summed E-state index contributed by atoms with van der Waals surface area (Å²) in [7, 11) is 0. The molecule has 1 aliphatic rings. The molecular weight excluding hydrogens is 196 g/mol. The summed E-state index contributed by atoms with van der Waals surface area (Å²) in [5, 5.41) is 11.5. The molecule has 1 rings (SSSR count). The second-order valence-electron chi connectivity index (χ2n) is 4.57. The molecule has 1 amide bonds. The number of amides is 1. The van der Waals surface area contributed by atoms with Crippen molar-refractivity contribution < 1.29 is 14.7 Å². The van der Waals surface area contributed by atoms with Gasteiger partial charge < -0.3 is 16.2 Å². The monoisotopic (exact) mass is 214 g/mol. The number of carboxylic acid groups (broad SMARTS) is 1. The number of hydrogen-bond acceptors (Lipinski definition) is 3. The summed E-state index contributed by atoms with van der Waals surface area (Å²) in [6.45, 7) is 3.91. The Morgan fingerprint density at radius 1 is 1.47 bits per heavy atom. The summed E-state index contributed by atoms with van der Waals surface area (Å²) >= 11 is 0. The van der Waals surface area contributed by atoms with Crippen LogP contribution in [0.25, 0.3) is 0 Å². The van der Waals surface area contributed by atoms with Crippen molar-refractivity contribution in [1.82, 2.24) is 5.32 Å². The van der Waals surface area contributed by atoms with Crippen LogP contribution in [-0.4, -0.2) is 29.6 Å². The van der Waals surface area contributed by atoms with E-state index >= 15 is 0 Å². The Kier molecular flexibility index (Phi) is 3.34. The molecule has 0 radical (unpaired) electrons. The number of nitrogens with two attached hydrogens (primary N) is 1. The maximum Gasteiger partial charge on any atom is 0.311 e. The Morgan fingerprint density at radius 3 is 2.33 bits per heavy atom. The third-order valence-corrected chi connectivity index (χ3v) is 2.93. The molecule has 1 saturated carbocycles. The van der Waals surface area contributed by atoms with E-state index in [1.807, 2.05) is 13.8 Å². The third kappa shape index (κ3) is 2.68. The van der Waals surface area contributed by atoms with Crippen molar-refractivity contribution in [2.75, 3.05) is 6.54 Å². The number of rotatable bonds is 5. The fraction of sp³-hybridized carbons (Fsp3) is 0.800. The molecule has 0 aliphatic heterocycles. The minimum Gasteiger partial charge on any atom is -0.481 e. The molecule has 0 unspecified atom stereocenters. The Balaban J connectivity index is 2.38. The minimum atomic E-state index is -0.832. The van der Waals surface area contributed by atoms with Gasteiger partial charge in [-0.25, -0.2) is 0 Å². The maximum absolute atomic E-state index is 11.5. The predicted octanol–water partition coefficient (Wildman–Crippen LogP) is -0.0493. The molecule has 0 bridgehead atoms. The molecule has 0 aromatic rings. The van der Waals surface area contributed by atoms with E-state index in [-0.39, 0.29) is 18.4 Å². The molecule has 86 valence electrons. The molecule has 0 aromatic carbocycles. The Labute approximate surface area is 89.0 Å². The molecule has 5 heteroatoms. The van der Waals surface area contributed by atoms with E-state index in [0.29, 0.717) is 12.8 Å². The summed E-state index contributed by atoms with van der Waals surface area (Å²) < 4.78 is 0. The summed E-state index contributed by atoms with van der Waals surface area (Å²) in [4.78, 5) is 22.3. The SMILES string of the molecule is CC(C)[C@@H](N)C(=O)NCC1(C(=O)O)CC1. The van der Waals surface area contributed by atoms with Crippen LogP contribution in [-0.2, 0) is 9.59 Å². The van der Waals surface area contributed by atoms with Crippen molar-refractivity contribution in [1.29, 1.82) is 0 Å². The van der Waals surface area contributed by atoms with E-state index in [2.05, 4.69) is 5.32 Å². The number of aliphatic carboxylic acids is 1. The standard InChI is InChI=1S/C10H18N2O3/c1-6(2)7(11)8(13)12-5-10(3-4-10)9(14)15/h6-7H,3-5,11H2,1-2H3,(H,12,13)(H,14,15)/t7-/m1/s1. The first-order valence-corrected chi connectivity index (χ1v) is 5.16. The lowest BCUT2D eigenvalue weighted by atomic mass is 10.0. The van der Waals surface area contributed by atoms with E-state index in [1.54, 1.807) is 0 Å². The normalized spacial score (nSPS) is 19.7. The van der Waals surface area contributed by atoms with Crippen LogP contribution in [0.15, 0.2) is 0 Å². The zero-order valence-corrected chi connectivity index (χ0v) is 9.12. The van der Waals surface area contributed by atoms with Gasteiger partial charge >= 0.3 is 5.97 Å². The molecule has 0 saturated heterocycles. The van der Waals surface area contributed by atoms with E-state index in [9.17, 15) is 9.59 Å². The van der Waals surface area contributed by atoms with Gasteiger partial charge in [-0.05, 0) is 18.8 Å². The van der Waals surface area contributed by atoms with Crippen LogP contribution < -0.4 is 11.1 Å². The molecule has 15 heavy (non-hydrogen) atoms. The lowest BCUT2D eigenvalue weighted by Crippen LogP contribution is -2.46. The predicted molar refractivity (Wildman–Crippen MR) is 55.1 cm³/mol. The van der Waals surface area contributed by atoms with Gasteiger partial charge in [-0.3, -0.25) is 9.59 Å². The maximum atomic E-state index is 11.5. The Bertz CT molecular complexity index is 272. The lowest BCUT2D eigenvalue weighted by Gasteiger charge is -2.17. The molecule has 5 nitrogen and oxygen atoms in total. The number of hydrogen-bond donors (Lipinski definition) is 3. The average molecular weight is 214 g/mol. The smallest absolute Gasteiger partial charge is 0.311 e. The fourth-order valence-electron chi connectivity index (χ4n) is 1.29. The van der Waals surface area contributed by atoms with Gasteiger partial charge in [0.05, 0.1) is 11.5 Å². The van der Waals surface area contributed by atoms with Gasteiger partial charge in [-0.15, -0.1) is 0 Å². The fourth-order valence-corrected chi connectivity index (χ4v) is 1.29. The molecule has 0 heterocycles. The second kappa shape index (κ2) is 4.18. The number of nitrogens with one attached hydrogen (secondary N) is 1. The van der Waals surface area contributed by atoms with Crippen LogP contribution in [0.4, 0.5) is 0 Å². The second-order valence-corrected chi connectivity index (χ2v) is 4.57. The summed E-state index contributed by atoms with van der Waals surface area (Å²) in [5.41, 5.74) is 4.91. The van der Waals surface area contributed by atoms with Gasteiger partial charge in [0.15, 0.2) is 0 Å². The zero-order valence-electron chi connectivity index (χ0n) is 9.12. The summed E-state index contributed by atoms with van der Waals surface area (Å²) in [6.07, 6.45) is 1.28. The molecule has 1 aliphatic carbocycles. The molecule has 0 aromatic heterocycles. The van der Waals surface area contributed by atoms with Crippen molar-refractivity contribution in [2.24, 2.45) is 17.1 Å². The number of carboxylic acids is 1. The molecule has 1 fully saturated rings. The third-order valence-electron chi connectivity index (χ3n) is 2.93. The van der Waals surface area contributed by atoms with Crippen LogP contribution in [0.5, 0.6) is 0 Å². The molecular formula is C10H18N2O3. The highest BCUT2D eigenvalue weighted by Crippen LogP contribution is 2.45. The van der Waals surface area contributed by atoms with Crippen molar-refractivity contribution >= 4 is 11.9 Å². The number of carbonyl (C=O) groups excluding carboxylic acids is 1. The molecule has 0 spiro atoms. The minimum absolute atomic E-state index is 0.0602. The van der Waals surface area contributed by atoms with Crippen LogP contribution >= 0.6 is 0 Å². The van der Waals surface area contributed by atoms with Crippen LogP contribution in [0.2, 0.25) is 0 Å². The van der Waals surface area contributed by atoms with E-state index < -0.39 is 17.4 Å². The van der Waals surface area contributed by atoms with Crippen molar-refractivity contribution in [3.63, 3.8) is 0 Å². The Hall–Kier alpha value is -1.10. The summed E-state index contributed by atoms with van der Waals surface area (Å²) in [5.74, 6) is -1.04. The van der Waals surface area contributed by atoms with Gasteiger partial charge in [0.1, 0.15) is 0 Å². The van der Waals surface area contributed by atoms with Gasteiger partial charge in [-0.1, -0.05) is 13.8 Å². The largest absolute Gasteiger partial charge is 0.481 e. The topological polar surface area (TPSA) is 92.4 Å². The van der Waals surface area contributed by atoms with E-state index in [0.717, 1.165) is 0 Å². The zero-order chi connectivity index (χ0) is 11.6. The van der Waals surface area contributed by atoms with Crippen LogP contribution in [0.3, 0.4) is 0 Å². The van der Waals surface area contributed by atoms with E-state index in [4.69, 9.17) is 10.8 Å². The van der Waals surface area contributed by atoms with Crippen LogP contribution in [0.1, 0.15) is 26.7 Å². The van der Waals surface area contributed by atoms with Gasteiger partial charge in [-0.2, -0.15) is 0 Å². The first kappa shape index (κ1) is 12.0. The average Bonchev–Trinajstić information content (AvgIpc) is 2.93. The van der Waals surface area contributed by atoms with E-state index in [1.165, 1.54) is 0 Å². The Morgan fingerprint density at radius 2 is 2.00 bits per heavy atom. The first-order chi connectivity index (χ1) is 6.89. The van der Waals surface area contributed by atoms with Gasteiger partial charge in [0, 0.05) is 6.54 Å². The highest BCUT2D eigenvalue weighted by atomic mass is 16.4. The van der Waals surface area contributed by atoms with Crippen molar-refractivity contribution in [3.8, 4) is 0 Å². The van der Waals surface area contributed by atoms with Gasteiger partial charge in [0.25, 0.3) is 0 Å². The van der Waals surface area contributed by atoms with Crippen molar-refractivity contribution in [2.45, 2.75) is 32.7 Å². The van der Waals surface area contributed by atoms with Gasteiger partial charge in [0.2, 0.25) is 5.91 Å². The van der Waals surface area contributed by atoms with Crippen LogP contribution in [0, 0.1) is 11.3 Å². The highest BCUT2D eigenvalue weighted by molar-refractivity contribution is 5.83. The molecule has 4 N–H and O–H groups in total.